The van der Waals surface area contributed by atoms with Crippen LogP contribution in [0.4, 0.5) is 21.6 Å². The molecule has 23 heavy (non-hydrogen) atoms. The van der Waals surface area contributed by atoms with Gasteiger partial charge in [0.1, 0.15) is 11.6 Å². The van der Waals surface area contributed by atoms with Gasteiger partial charge in [-0.1, -0.05) is 0 Å². The number of amides is 1. The van der Waals surface area contributed by atoms with Gasteiger partial charge in [0, 0.05) is 18.1 Å². The number of carbonyl (C=O) groups is 1. The fraction of sp³-hybridized carbons (Fsp3) is 0. The average Bonchev–Trinajstić information content (AvgIpc) is 2.59. The summed E-state index contributed by atoms with van der Waals surface area (Å²) < 4.78 is 12.9. The van der Waals surface area contributed by atoms with Crippen molar-refractivity contribution in [3.8, 4) is 0 Å². The maximum atomic E-state index is 12.9. The number of rotatable bonds is 4. The van der Waals surface area contributed by atoms with Crippen LogP contribution in [0.1, 0.15) is 10.4 Å². The molecule has 0 bridgehead atoms. The second-order valence-electron chi connectivity index (χ2n) is 4.76. The van der Waals surface area contributed by atoms with E-state index in [4.69, 9.17) is 0 Å². The fourth-order valence-electron chi connectivity index (χ4n) is 1.93. The monoisotopic (exact) mass is 308 g/mol. The lowest BCUT2D eigenvalue weighted by Gasteiger charge is -2.08. The Balaban J connectivity index is 1.65. The molecule has 0 spiro atoms. The summed E-state index contributed by atoms with van der Waals surface area (Å²) >= 11 is 0. The zero-order valence-electron chi connectivity index (χ0n) is 12.0. The molecule has 0 unspecified atom stereocenters. The van der Waals surface area contributed by atoms with Gasteiger partial charge in [0.25, 0.3) is 5.91 Å². The lowest BCUT2D eigenvalue weighted by atomic mass is 10.2. The first-order valence-electron chi connectivity index (χ1n) is 6.91. The van der Waals surface area contributed by atoms with E-state index in [-0.39, 0.29) is 11.7 Å². The van der Waals surface area contributed by atoms with Crippen LogP contribution in [0.5, 0.6) is 0 Å². The number of aromatic nitrogens is 2. The second kappa shape index (κ2) is 6.65. The van der Waals surface area contributed by atoms with E-state index in [1.54, 1.807) is 48.8 Å². The van der Waals surface area contributed by atoms with Gasteiger partial charge in [-0.3, -0.25) is 9.78 Å². The van der Waals surface area contributed by atoms with Gasteiger partial charge in [0.15, 0.2) is 0 Å². The van der Waals surface area contributed by atoms with Gasteiger partial charge in [0.2, 0.25) is 0 Å². The van der Waals surface area contributed by atoms with Gasteiger partial charge in [-0.15, -0.1) is 0 Å². The van der Waals surface area contributed by atoms with Crippen molar-refractivity contribution < 1.29 is 9.18 Å². The molecule has 1 aromatic carbocycles. The first-order valence-corrected chi connectivity index (χ1v) is 6.91. The van der Waals surface area contributed by atoms with E-state index in [9.17, 15) is 9.18 Å². The van der Waals surface area contributed by atoms with E-state index >= 15 is 0 Å². The molecule has 0 saturated carbocycles. The van der Waals surface area contributed by atoms with Crippen LogP contribution in [0, 0.1) is 5.82 Å². The van der Waals surface area contributed by atoms with Crippen LogP contribution >= 0.6 is 0 Å². The number of carbonyl (C=O) groups excluding carboxylic acids is 1. The summed E-state index contributed by atoms with van der Waals surface area (Å²) in [5.74, 6) is -0.129. The van der Waals surface area contributed by atoms with E-state index in [0.717, 1.165) is 11.4 Å². The highest BCUT2D eigenvalue weighted by molar-refractivity contribution is 6.03. The number of anilines is 3. The molecule has 114 valence electrons. The summed E-state index contributed by atoms with van der Waals surface area (Å²) in [7, 11) is 0. The fourth-order valence-corrected chi connectivity index (χ4v) is 1.93. The molecule has 5 nitrogen and oxygen atoms in total. The minimum absolute atomic E-state index is 0.273. The highest BCUT2D eigenvalue weighted by atomic mass is 19.1. The van der Waals surface area contributed by atoms with Crippen molar-refractivity contribution in [1.82, 2.24) is 9.97 Å². The van der Waals surface area contributed by atoms with E-state index < -0.39 is 0 Å². The Morgan fingerprint density at radius 1 is 0.957 bits per heavy atom. The highest BCUT2D eigenvalue weighted by Crippen LogP contribution is 2.17. The quantitative estimate of drug-likeness (QED) is 0.772. The van der Waals surface area contributed by atoms with Crippen LogP contribution in [0.2, 0.25) is 0 Å². The van der Waals surface area contributed by atoms with Crippen molar-refractivity contribution in [2.45, 2.75) is 0 Å². The first kappa shape index (κ1) is 14.6. The first-order chi connectivity index (χ1) is 11.2. The molecule has 3 rings (SSSR count). The number of pyridine rings is 2. The smallest absolute Gasteiger partial charge is 0.258 e. The van der Waals surface area contributed by atoms with Crippen molar-refractivity contribution >= 4 is 23.1 Å². The Bertz CT molecular complexity index is 789. The molecule has 0 atom stereocenters. The van der Waals surface area contributed by atoms with Crippen LogP contribution in [0.15, 0.2) is 67.1 Å². The standard InChI is InChI=1S/C17H13FN4O/c18-13-3-5-14(6-4-13)21-15-7-8-16(20-11-15)22-17(23)12-2-1-9-19-10-12/h1-11,21H,(H,20,22,23). The van der Waals surface area contributed by atoms with Gasteiger partial charge >= 0.3 is 0 Å². The molecule has 2 aromatic heterocycles. The molecule has 0 aliphatic rings. The Kier molecular flexibility index (Phi) is 4.24. The van der Waals surface area contributed by atoms with Crippen LogP contribution < -0.4 is 10.6 Å². The molecule has 0 aliphatic heterocycles. The summed E-state index contributed by atoms with van der Waals surface area (Å²) in [5, 5.41) is 5.78. The van der Waals surface area contributed by atoms with Gasteiger partial charge < -0.3 is 10.6 Å². The third kappa shape index (κ3) is 3.88. The molecule has 2 heterocycles. The predicted octanol–water partition coefficient (Wildman–Crippen LogP) is 3.61. The third-order valence-corrected chi connectivity index (χ3v) is 3.06. The van der Waals surface area contributed by atoms with Crippen molar-refractivity contribution in [2.75, 3.05) is 10.6 Å². The SMILES string of the molecule is O=C(Nc1ccc(Nc2ccc(F)cc2)cn1)c1cccnc1. The molecule has 3 aromatic rings. The summed E-state index contributed by atoms with van der Waals surface area (Å²) in [6.45, 7) is 0. The van der Waals surface area contributed by atoms with E-state index in [0.29, 0.717) is 11.4 Å². The molecule has 2 N–H and O–H groups in total. The van der Waals surface area contributed by atoms with Crippen LogP contribution in [-0.2, 0) is 0 Å². The molecule has 0 fully saturated rings. The molecular formula is C17H13FN4O. The van der Waals surface area contributed by atoms with E-state index in [1.807, 2.05) is 0 Å². The number of benzene rings is 1. The summed E-state index contributed by atoms with van der Waals surface area (Å²) in [5.41, 5.74) is 1.94. The van der Waals surface area contributed by atoms with E-state index in [1.165, 1.54) is 18.3 Å². The molecule has 1 amide bonds. The van der Waals surface area contributed by atoms with Crippen molar-refractivity contribution in [2.24, 2.45) is 0 Å². The zero-order valence-corrected chi connectivity index (χ0v) is 12.0. The average molecular weight is 308 g/mol. The number of nitrogens with zero attached hydrogens (tertiary/aromatic N) is 2. The Morgan fingerprint density at radius 3 is 2.39 bits per heavy atom. The van der Waals surface area contributed by atoms with Gasteiger partial charge in [0.05, 0.1) is 17.4 Å². The summed E-state index contributed by atoms with van der Waals surface area (Å²) in [6.07, 6.45) is 4.67. The maximum absolute atomic E-state index is 12.9. The summed E-state index contributed by atoms with van der Waals surface area (Å²) in [6, 6.07) is 12.8. The van der Waals surface area contributed by atoms with Crippen LogP contribution in [0.25, 0.3) is 0 Å². The highest BCUT2D eigenvalue weighted by Gasteiger charge is 2.06. The van der Waals surface area contributed by atoms with Crippen LogP contribution in [0.3, 0.4) is 0 Å². The zero-order chi connectivity index (χ0) is 16.1. The molecule has 0 radical (unpaired) electrons. The number of hydrogen-bond acceptors (Lipinski definition) is 4. The Labute approximate surface area is 132 Å². The number of halogens is 1. The molecule has 0 aliphatic carbocycles. The Hall–Kier alpha value is -3.28. The van der Waals surface area contributed by atoms with Gasteiger partial charge in [-0.2, -0.15) is 0 Å². The molecular weight excluding hydrogens is 295 g/mol. The van der Waals surface area contributed by atoms with Gasteiger partial charge in [-0.25, -0.2) is 9.37 Å². The van der Waals surface area contributed by atoms with Crippen molar-refractivity contribution in [3.63, 3.8) is 0 Å². The number of hydrogen-bond donors (Lipinski definition) is 2. The molecule has 0 saturated heterocycles. The minimum Gasteiger partial charge on any atom is -0.354 e. The lowest BCUT2D eigenvalue weighted by molar-refractivity contribution is 0.102. The Morgan fingerprint density at radius 2 is 1.74 bits per heavy atom. The lowest BCUT2D eigenvalue weighted by Crippen LogP contribution is -2.13. The van der Waals surface area contributed by atoms with Crippen LogP contribution in [-0.4, -0.2) is 15.9 Å². The third-order valence-electron chi connectivity index (χ3n) is 3.06. The van der Waals surface area contributed by atoms with Crippen molar-refractivity contribution in [3.05, 3.63) is 78.5 Å². The largest absolute Gasteiger partial charge is 0.354 e. The number of nitrogens with one attached hydrogen (secondary N) is 2. The molecule has 6 heteroatoms. The predicted molar refractivity (Wildman–Crippen MR) is 86.1 cm³/mol. The topological polar surface area (TPSA) is 66.9 Å². The minimum atomic E-state index is -0.290. The maximum Gasteiger partial charge on any atom is 0.258 e. The second-order valence-corrected chi connectivity index (χ2v) is 4.76. The van der Waals surface area contributed by atoms with E-state index in [2.05, 4.69) is 20.6 Å². The normalized spacial score (nSPS) is 10.1. The van der Waals surface area contributed by atoms with Gasteiger partial charge in [-0.05, 0) is 48.5 Å². The summed E-state index contributed by atoms with van der Waals surface area (Å²) in [4.78, 5) is 20.0. The van der Waals surface area contributed by atoms with Crippen molar-refractivity contribution in [1.29, 1.82) is 0 Å².